The number of nitrogens with one attached hydrogen (secondary N) is 1. The summed E-state index contributed by atoms with van der Waals surface area (Å²) >= 11 is 0. The molecule has 2 atom stereocenters. The zero-order chi connectivity index (χ0) is 11.8. The zero-order valence-corrected chi connectivity index (χ0v) is 9.82. The van der Waals surface area contributed by atoms with Crippen molar-refractivity contribution >= 4 is 5.97 Å². The molecular formula is C12H21NO3. The standard InChI is InChI=1S/C12H21NO3/c1-2-16-12(15)8-5-9-13-10-6-3-4-7-11(10)14/h5,8,10-11,13-14H,2-4,6-7,9H2,1H3/b8-5+. The number of esters is 1. The van der Waals surface area contributed by atoms with Crippen LogP contribution in [0.25, 0.3) is 0 Å². The first-order valence-corrected chi connectivity index (χ1v) is 5.98. The van der Waals surface area contributed by atoms with E-state index < -0.39 is 0 Å². The molecule has 1 aliphatic carbocycles. The van der Waals surface area contributed by atoms with Crippen LogP contribution in [0, 0.1) is 0 Å². The van der Waals surface area contributed by atoms with Gasteiger partial charge in [-0.2, -0.15) is 0 Å². The third-order valence-electron chi connectivity index (χ3n) is 2.77. The molecule has 0 spiro atoms. The van der Waals surface area contributed by atoms with E-state index in [1.54, 1.807) is 13.0 Å². The molecule has 0 saturated heterocycles. The molecule has 92 valence electrons. The van der Waals surface area contributed by atoms with Crippen LogP contribution in [0.15, 0.2) is 12.2 Å². The number of ether oxygens (including phenoxy) is 1. The lowest BCUT2D eigenvalue weighted by Crippen LogP contribution is -2.42. The largest absolute Gasteiger partial charge is 0.463 e. The van der Waals surface area contributed by atoms with Gasteiger partial charge in [-0.25, -0.2) is 4.79 Å². The average Bonchev–Trinajstić information content (AvgIpc) is 2.27. The average molecular weight is 227 g/mol. The highest BCUT2D eigenvalue weighted by Crippen LogP contribution is 2.17. The van der Waals surface area contributed by atoms with E-state index in [2.05, 4.69) is 5.32 Å². The number of aliphatic hydroxyl groups excluding tert-OH is 1. The first-order valence-electron chi connectivity index (χ1n) is 5.98. The number of rotatable bonds is 5. The highest BCUT2D eigenvalue weighted by molar-refractivity contribution is 5.81. The van der Waals surface area contributed by atoms with Gasteiger partial charge in [-0.1, -0.05) is 18.9 Å². The second-order valence-electron chi connectivity index (χ2n) is 4.02. The van der Waals surface area contributed by atoms with Crippen molar-refractivity contribution in [1.29, 1.82) is 0 Å². The Kier molecular flexibility index (Phi) is 6.11. The van der Waals surface area contributed by atoms with Gasteiger partial charge in [0, 0.05) is 18.7 Å². The van der Waals surface area contributed by atoms with Gasteiger partial charge in [0.15, 0.2) is 0 Å². The molecule has 1 fully saturated rings. The van der Waals surface area contributed by atoms with Gasteiger partial charge >= 0.3 is 5.97 Å². The molecule has 4 heteroatoms. The van der Waals surface area contributed by atoms with Crippen LogP contribution in [0.1, 0.15) is 32.6 Å². The lowest BCUT2D eigenvalue weighted by atomic mass is 9.93. The zero-order valence-electron chi connectivity index (χ0n) is 9.82. The molecule has 1 aliphatic rings. The maximum atomic E-state index is 11.0. The van der Waals surface area contributed by atoms with Crippen molar-refractivity contribution in [2.45, 2.75) is 44.8 Å². The van der Waals surface area contributed by atoms with Crippen LogP contribution < -0.4 is 5.32 Å². The number of aliphatic hydroxyl groups is 1. The van der Waals surface area contributed by atoms with Crippen molar-refractivity contribution < 1.29 is 14.6 Å². The molecule has 1 saturated carbocycles. The highest BCUT2D eigenvalue weighted by atomic mass is 16.5. The van der Waals surface area contributed by atoms with Crippen LogP contribution in [0.4, 0.5) is 0 Å². The van der Waals surface area contributed by atoms with Crippen LogP contribution in [0.3, 0.4) is 0 Å². The van der Waals surface area contributed by atoms with Crippen LogP contribution >= 0.6 is 0 Å². The molecule has 0 radical (unpaired) electrons. The van der Waals surface area contributed by atoms with Crippen LogP contribution in [-0.2, 0) is 9.53 Å². The molecule has 0 aromatic heterocycles. The Balaban J connectivity index is 2.16. The monoisotopic (exact) mass is 227 g/mol. The fourth-order valence-electron chi connectivity index (χ4n) is 1.91. The van der Waals surface area contributed by atoms with E-state index in [4.69, 9.17) is 4.74 Å². The predicted molar refractivity (Wildman–Crippen MR) is 62.0 cm³/mol. The Labute approximate surface area is 96.7 Å². The molecule has 0 aromatic rings. The SMILES string of the molecule is CCOC(=O)/C=C/CNC1CCCCC1O. The van der Waals surface area contributed by atoms with Gasteiger partial charge < -0.3 is 15.2 Å². The third-order valence-corrected chi connectivity index (χ3v) is 2.77. The Bertz CT molecular complexity index is 240. The van der Waals surface area contributed by atoms with Crippen molar-refractivity contribution in [3.8, 4) is 0 Å². The maximum absolute atomic E-state index is 11.0. The minimum atomic E-state index is -0.312. The van der Waals surface area contributed by atoms with Crippen molar-refractivity contribution in [2.75, 3.05) is 13.2 Å². The van der Waals surface area contributed by atoms with E-state index in [1.165, 1.54) is 6.08 Å². The van der Waals surface area contributed by atoms with E-state index >= 15 is 0 Å². The molecule has 0 amide bonds. The number of carbonyl (C=O) groups is 1. The van der Waals surface area contributed by atoms with Crippen molar-refractivity contribution in [3.05, 3.63) is 12.2 Å². The summed E-state index contributed by atoms with van der Waals surface area (Å²) in [7, 11) is 0. The molecular weight excluding hydrogens is 206 g/mol. The minimum Gasteiger partial charge on any atom is -0.463 e. The lowest BCUT2D eigenvalue weighted by molar-refractivity contribution is -0.137. The summed E-state index contributed by atoms with van der Waals surface area (Å²) in [4.78, 5) is 11.0. The quantitative estimate of drug-likeness (QED) is 0.543. The van der Waals surface area contributed by atoms with Crippen LogP contribution in [-0.4, -0.2) is 36.4 Å². The van der Waals surface area contributed by atoms with Gasteiger partial charge in [0.25, 0.3) is 0 Å². The first-order chi connectivity index (χ1) is 7.74. The summed E-state index contributed by atoms with van der Waals surface area (Å²) in [5, 5.41) is 12.9. The smallest absolute Gasteiger partial charge is 0.330 e. The fourth-order valence-corrected chi connectivity index (χ4v) is 1.91. The third kappa shape index (κ3) is 4.77. The number of hydrogen-bond donors (Lipinski definition) is 2. The Morgan fingerprint density at radius 2 is 2.25 bits per heavy atom. The van der Waals surface area contributed by atoms with Crippen molar-refractivity contribution in [3.63, 3.8) is 0 Å². The topological polar surface area (TPSA) is 58.6 Å². The summed E-state index contributed by atoms with van der Waals surface area (Å²) in [6.07, 6.45) is 7.07. The van der Waals surface area contributed by atoms with Crippen LogP contribution in [0.5, 0.6) is 0 Å². The summed E-state index contributed by atoms with van der Waals surface area (Å²) in [6.45, 7) is 2.78. The normalized spacial score (nSPS) is 25.9. The molecule has 2 unspecified atom stereocenters. The van der Waals surface area contributed by atoms with Gasteiger partial charge in [0.05, 0.1) is 12.7 Å². The van der Waals surface area contributed by atoms with Crippen LogP contribution in [0.2, 0.25) is 0 Å². The van der Waals surface area contributed by atoms with E-state index in [1.807, 2.05) is 0 Å². The lowest BCUT2D eigenvalue weighted by Gasteiger charge is -2.27. The molecule has 0 bridgehead atoms. The van der Waals surface area contributed by atoms with Crippen molar-refractivity contribution in [2.24, 2.45) is 0 Å². The first kappa shape index (κ1) is 13.2. The maximum Gasteiger partial charge on any atom is 0.330 e. The summed E-state index contributed by atoms with van der Waals surface area (Å²) in [5.74, 6) is -0.312. The van der Waals surface area contributed by atoms with E-state index in [-0.39, 0.29) is 18.1 Å². The van der Waals surface area contributed by atoms with E-state index in [0.29, 0.717) is 13.2 Å². The molecule has 0 aromatic carbocycles. The molecule has 0 heterocycles. The molecule has 0 aliphatic heterocycles. The Morgan fingerprint density at radius 3 is 2.94 bits per heavy atom. The summed E-state index contributed by atoms with van der Waals surface area (Å²) in [6, 6.07) is 0.167. The van der Waals surface area contributed by atoms with Gasteiger partial charge in [-0.3, -0.25) is 0 Å². The second kappa shape index (κ2) is 7.41. The summed E-state index contributed by atoms with van der Waals surface area (Å²) < 4.78 is 4.75. The molecule has 4 nitrogen and oxygen atoms in total. The fraction of sp³-hybridized carbons (Fsp3) is 0.750. The molecule has 16 heavy (non-hydrogen) atoms. The summed E-state index contributed by atoms with van der Waals surface area (Å²) in [5.41, 5.74) is 0. The highest BCUT2D eigenvalue weighted by Gasteiger charge is 2.21. The van der Waals surface area contributed by atoms with Crippen molar-refractivity contribution in [1.82, 2.24) is 5.32 Å². The Morgan fingerprint density at radius 1 is 1.50 bits per heavy atom. The number of carbonyl (C=O) groups excluding carboxylic acids is 1. The van der Waals surface area contributed by atoms with Gasteiger partial charge in [-0.05, 0) is 19.8 Å². The van der Waals surface area contributed by atoms with E-state index in [9.17, 15) is 9.90 Å². The second-order valence-corrected chi connectivity index (χ2v) is 4.02. The molecule has 2 N–H and O–H groups in total. The van der Waals surface area contributed by atoms with Gasteiger partial charge in [0.2, 0.25) is 0 Å². The van der Waals surface area contributed by atoms with Gasteiger partial charge in [-0.15, -0.1) is 0 Å². The Hall–Kier alpha value is -0.870. The van der Waals surface area contributed by atoms with E-state index in [0.717, 1.165) is 25.7 Å². The minimum absolute atomic E-state index is 0.167. The van der Waals surface area contributed by atoms with Gasteiger partial charge in [0.1, 0.15) is 0 Å². The molecule has 1 rings (SSSR count). The predicted octanol–water partition coefficient (Wildman–Crippen LogP) is 0.999. The number of hydrogen-bond acceptors (Lipinski definition) is 4.